The Hall–Kier alpha value is -1.96. The monoisotopic (exact) mass is 299 g/mol. The summed E-state index contributed by atoms with van der Waals surface area (Å²) < 4.78 is 32.1. The van der Waals surface area contributed by atoms with Gasteiger partial charge in [-0.1, -0.05) is 6.07 Å². The Morgan fingerprint density at radius 1 is 1.45 bits per heavy atom. The molecule has 0 aliphatic carbocycles. The highest BCUT2D eigenvalue weighted by molar-refractivity contribution is 7.91. The number of rotatable bonds is 3. The summed E-state index contributed by atoms with van der Waals surface area (Å²) in [6, 6.07) is 5.05. The molecule has 8 heteroatoms. The summed E-state index contributed by atoms with van der Waals surface area (Å²) in [5.74, 6) is 0. The van der Waals surface area contributed by atoms with Gasteiger partial charge in [-0.15, -0.1) is 0 Å². The molecule has 0 saturated heterocycles. The van der Waals surface area contributed by atoms with Gasteiger partial charge in [0.15, 0.2) is 0 Å². The maximum absolute atomic E-state index is 12.2. The molecule has 0 atom stereocenters. The van der Waals surface area contributed by atoms with Gasteiger partial charge in [0.2, 0.25) is 0 Å². The number of anilines is 2. The SMILES string of the molecule is CC(C)OC(=O)NS(=O)(=O)N1CCc2c(N)cccc21. The van der Waals surface area contributed by atoms with Crippen molar-refractivity contribution in [3.63, 3.8) is 0 Å². The second-order valence-corrected chi connectivity index (χ2v) is 6.32. The number of benzene rings is 1. The Bertz CT molecular complexity index is 628. The second-order valence-electron chi connectivity index (χ2n) is 4.73. The van der Waals surface area contributed by atoms with Crippen LogP contribution in [-0.4, -0.2) is 27.2 Å². The van der Waals surface area contributed by atoms with Crippen molar-refractivity contribution in [1.29, 1.82) is 0 Å². The Balaban J connectivity index is 2.21. The van der Waals surface area contributed by atoms with E-state index in [0.29, 0.717) is 17.8 Å². The van der Waals surface area contributed by atoms with Crippen LogP contribution in [0.5, 0.6) is 0 Å². The summed E-state index contributed by atoms with van der Waals surface area (Å²) in [6.07, 6.45) is -0.869. The van der Waals surface area contributed by atoms with E-state index in [1.54, 1.807) is 32.0 Å². The maximum Gasteiger partial charge on any atom is 0.422 e. The van der Waals surface area contributed by atoms with Gasteiger partial charge in [0, 0.05) is 17.8 Å². The number of nitrogens with one attached hydrogen (secondary N) is 1. The maximum atomic E-state index is 12.2. The molecule has 110 valence electrons. The standard InChI is InChI=1S/C12H17N3O4S/c1-8(2)19-12(16)14-20(17,18)15-7-6-9-10(13)4-3-5-11(9)15/h3-5,8H,6-7,13H2,1-2H3,(H,14,16). The highest BCUT2D eigenvalue weighted by Crippen LogP contribution is 2.33. The van der Waals surface area contributed by atoms with E-state index < -0.39 is 22.4 Å². The van der Waals surface area contributed by atoms with Crippen LogP contribution in [0.25, 0.3) is 0 Å². The predicted molar refractivity (Wildman–Crippen MR) is 75.6 cm³/mol. The zero-order valence-electron chi connectivity index (χ0n) is 11.3. The van der Waals surface area contributed by atoms with Crippen molar-refractivity contribution in [1.82, 2.24) is 4.72 Å². The Labute approximate surface area is 117 Å². The fraction of sp³-hybridized carbons (Fsp3) is 0.417. The van der Waals surface area contributed by atoms with Crippen LogP contribution in [0.3, 0.4) is 0 Å². The fourth-order valence-corrected chi connectivity index (χ4v) is 3.21. The van der Waals surface area contributed by atoms with Crippen molar-refractivity contribution in [3.05, 3.63) is 23.8 Å². The summed E-state index contributed by atoms with van der Waals surface area (Å²) in [4.78, 5) is 11.4. The summed E-state index contributed by atoms with van der Waals surface area (Å²) >= 11 is 0. The first kappa shape index (κ1) is 14.4. The second kappa shape index (κ2) is 5.20. The van der Waals surface area contributed by atoms with E-state index in [-0.39, 0.29) is 6.54 Å². The molecule has 1 amide bonds. The number of nitrogen functional groups attached to an aromatic ring is 1. The summed E-state index contributed by atoms with van der Waals surface area (Å²) in [5.41, 5.74) is 7.63. The number of amides is 1. The van der Waals surface area contributed by atoms with Crippen molar-refractivity contribution >= 4 is 27.7 Å². The van der Waals surface area contributed by atoms with Crippen molar-refractivity contribution < 1.29 is 17.9 Å². The highest BCUT2D eigenvalue weighted by Gasteiger charge is 2.32. The Morgan fingerprint density at radius 2 is 2.15 bits per heavy atom. The molecule has 20 heavy (non-hydrogen) atoms. The molecular weight excluding hydrogens is 282 g/mol. The normalized spacial score (nSPS) is 14.2. The van der Waals surface area contributed by atoms with Crippen LogP contribution in [0, 0.1) is 0 Å². The third kappa shape index (κ3) is 2.79. The minimum Gasteiger partial charge on any atom is -0.446 e. The molecule has 1 heterocycles. The molecule has 0 fully saturated rings. The van der Waals surface area contributed by atoms with Gasteiger partial charge in [0.25, 0.3) is 0 Å². The molecule has 0 radical (unpaired) electrons. The van der Waals surface area contributed by atoms with Gasteiger partial charge >= 0.3 is 16.3 Å². The first-order valence-electron chi connectivity index (χ1n) is 6.19. The van der Waals surface area contributed by atoms with Gasteiger partial charge in [-0.2, -0.15) is 8.42 Å². The predicted octanol–water partition coefficient (Wildman–Crippen LogP) is 1.01. The largest absolute Gasteiger partial charge is 0.446 e. The van der Waals surface area contributed by atoms with Crippen LogP contribution < -0.4 is 14.8 Å². The van der Waals surface area contributed by atoms with E-state index >= 15 is 0 Å². The minimum atomic E-state index is -3.98. The lowest BCUT2D eigenvalue weighted by Crippen LogP contribution is -2.43. The molecule has 1 aliphatic heterocycles. The average molecular weight is 299 g/mol. The molecule has 0 aromatic heterocycles. The van der Waals surface area contributed by atoms with E-state index in [1.165, 1.54) is 0 Å². The van der Waals surface area contributed by atoms with Gasteiger partial charge in [0.1, 0.15) is 0 Å². The van der Waals surface area contributed by atoms with Gasteiger partial charge < -0.3 is 10.5 Å². The molecule has 2 rings (SSSR count). The van der Waals surface area contributed by atoms with Crippen molar-refractivity contribution in [3.8, 4) is 0 Å². The van der Waals surface area contributed by atoms with Crippen molar-refractivity contribution in [2.24, 2.45) is 0 Å². The van der Waals surface area contributed by atoms with Crippen LogP contribution in [0.2, 0.25) is 0 Å². The van der Waals surface area contributed by atoms with Gasteiger partial charge in [-0.25, -0.2) is 9.52 Å². The summed E-state index contributed by atoms with van der Waals surface area (Å²) in [7, 11) is -3.98. The molecule has 1 aliphatic rings. The van der Waals surface area contributed by atoms with E-state index in [9.17, 15) is 13.2 Å². The average Bonchev–Trinajstić information content (AvgIpc) is 2.72. The lowest BCUT2D eigenvalue weighted by molar-refractivity contribution is 0.121. The molecular formula is C12H17N3O4S. The molecule has 1 aromatic rings. The number of carbonyl (C=O) groups excluding carboxylic acids is 1. The summed E-state index contributed by atoms with van der Waals surface area (Å²) in [5, 5.41) is 0. The number of nitrogens with two attached hydrogens (primary N) is 1. The molecule has 0 bridgehead atoms. The number of carbonyl (C=O) groups is 1. The molecule has 1 aromatic carbocycles. The third-order valence-corrected chi connectivity index (χ3v) is 4.25. The number of nitrogens with zero attached hydrogens (tertiary/aromatic N) is 1. The number of fused-ring (bicyclic) bond motifs is 1. The molecule has 0 spiro atoms. The quantitative estimate of drug-likeness (QED) is 0.811. The van der Waals surface area contributed by atoms with Gasteiger partial charge in [-0.05, 0) is 32.4 Å². The van der Waals surface area contributed by atoms with E-state index in [2.05, 4.69) is 0 Å². The van der Waals surface area contributed by atoms with Crippen LogP contribution in [0.1, 0.15) is 19.4 Å². The number of ether oxygens (including phenoxy) is 1. The van der Waals surface area contributed by atoms with Crippen molar-refractivity contribution in [2.75, 3.05) is 16.6 Å². The van der Waals surface area contributed by atoms with Crippen LogP contribution >= 0.6 is 0 Å². The first-order valence-corrected chi connectivity index (χ1v) is 7.63. The van der Waals surface area contributed by atoms with Crippen LogP contribution in [0.15, 0.2) is 18.2 Å². The number of hydrogen-bond acceptors (Lipinski definition) is 5. The zero-order chi connectivity index (χ0) is 14.9. The summed E-state index contributed by atoms with van der Waals surface area (Å²) in [6.45, 7) is 3.52. The van der Waals surface area contributed by atoms with Gasteiger partial charge in [0.05, 0.1) is 11.8 Å². The molecule has 7 nitrogen and oxygen atoms in total. The van der Waals surface area contributed by atoms with Crippen molar-refractivity contribution in [2.45, 2.75) is 26.4 Å². The topological polar surface area (TPSA) is 102 Å². The minimum absolute atomic E-state index is 0.244. The van der Waals surface area contributed by atoms with Crippen LogP contribution in [-0.2, 0) is 21.4 Å². The fourth-order valence-electron chi connectivity index (χ4n) is 2.08. The van der Waals surface area contributed by atoms with Crippen LogP contribution in [0.4, 0.5) is 16.2 Å². The van der Waals surface area contributed by atoms with E-state index in [0.717, 1.165) is 9.87 Å². The third-order valence-electron chi connectivity index (χ3n) is 2.87. The number of hydrogen-bond donors (Lipinski definition) is 2. The first-order chi connectivity index (χ1) is 9.31. The lowest BCUT2D eigenvalue weighted by Gasteiger charge is -2.20. The molecule has 0 saturated carbocycles. The highest BCUT2D eigenvalue weighted by atomic mass is 32.2. The van der Waals surface area contributed by atoms with E-state index in [4.69, 9.17) is 10.5 Å². The Morgan fingerprint density at radius 3 is 2.80 bits per heavy atom. The lowest BCUT2D eigenvalue weighted by atomic mass is 10.1. The van der Waals surface area contributed by atoms with E-state index in [1.807, 2.05) is 4.72 Å². The smallest absolute Gasteiger partial charge is 0.422 e. The zero-order valence-corrected chi connectivity index (χ0v) is 12.1. The Kier molecular flexibility index (Phi) is 3.76. The van der Waals surface area contributed by atoms with Gasteiger partial charge in [-0.3, -0.25) is 4.31 Å². The molecule has 0 unspecified atom stereocenters. The molecule has 3 N–H and O–H groups in total.